The van der Waals surface area contributed by atoms with Crippen molar-refractivity contribution in [2.75, 3.05) is 25.0 Å². The monoisotopic (exact) mass is 432 g/mol. The number of halogens is 2. The lowest BCUT2D eigenvalue weighted by molar-refractivity contribution is -0.128. The fourth-order valence-electron chi connectivity index (χ4n) is 3.34. The van der Waals surface area contributed by atoms with Crippen LogP contribution in [0.3, 0.4) is 0 Å². The molecule has 1 saturated heterocycles. The second kappa shape index (κ2) is 10.5. The Morgan fingerprint density at radius 3 is 2.74 bits per heavy atom. The minimum absolute atomic E-state index is 0.0136. The van der Waals surface area contributed by atoms with Crippen LogP contribution in [-0.4, -0.2) is 53.9 Å². The topological polar surface area (TPSA) is 101 Å². The quantitative estimate of drug-likeness (QED) is 0.699. The van der Waals surface area contributed by atoms with Crippen LogP contribution in [0, 0.1) is 5.92 Å². The number of ether oxygens (including phenoxy) is 1. The summed E-state index contributed by atoms with van der Waals surface area (Å²) in [6.07, 6.45) is 4.18. The number of benzene rings is 1. The van der Waals surface area contributed by atoms with Crippen LogP contribution in [0.15, 0.2) is 48.8 Å². The van der Waals surface area contributed by atoms with E-state index in [2.05, 4.69) is 20.4 Å². The van der Waals surface area contributed by atoms with Gasteiger partial charge in [0.25, 0.3) is 5.91 Å². The van der Waals surface area contributed by atoms with Crippen LogP contribution in [0.25, 0.3) is 0 Å². The molecule has 10 heteroatoms. The zero-order chi connectivity index (χ0) is 22.2. The van der Waals surface area contributed by atoms with Crippen LogP contribution < -0.4 is 15.4 Å². The molecule has 2 aromatic rings. The number of nitrogens with zero attached hydrogens (tertiary/aromatic N) is 2. The summed E-state index contributed by atoms with van der Waals surface area (Å²) in [5.41, 5.74) is 0.528. The number of para-hydroxylation sites is 1. The van der Waals surface area contributed by atoms with Gasteiger partial charge in [-0.25, -0.2) is 0 Å². The predicted molar refractivity (Wildman–Crippen MR) is 108 cm³/mol. The number of anilines is 1. The fourth-order valence-corrected chi connectivity index (χ4v) is 3.34. The highest BCUT2D eigenvalue weighted by Gasteiger charge is 2.30. The summed E-state index contributed by atoms with van der Waals surface area (Å²) < 4.78 is 29.7. The number of hydrogen-bond acceptors (Lipinski definition) is 5. The lowest BCUT2D eigenvalue weighted by Crippen LogP contribution is -2.46. The molecular weight excluding hydrogens is 410 g/mol. The van der Waals surface area contributed by atoms with E-state index in [9.17, 15) is 23.2 Å². The molecular formula is C21H22F2N4O4. The number of piperidine rings is 1. The minimum atomic E-state index is -3.05. The fraction of sp³-hybridized carbons (Fsp3) is 0.333. The number of aromatic nitrogens is 1. The summed E-state index contributed by atoms with van der Waals surface area (Å²) in [5.74, 6) is -1.95. The van der Waals surface area contributed by atoms with Gasteiger partial charge in [-0.15, -0.1) is 0 Å². The number of alkyl halides is 2. The largest absolute Gasteiger partial charge is 0.434 e. The van der Waals surface area contributed by atoms with Crippen molar-refractivity contribution in [1.29, 1.82) is 0 Å². The van der Waals surface area contributed by atoms with E-state index in [1.807, 2.05) is 0 Å². The Labute approximate surface area is 177 Å². The highest BCUT2D eigenvalue weighted by atomic mass is 19.3. The zero-order valence-corrected chi connectivity index (χ0v) is 16.6. The van der Waals surface area contributed by atoms with Gasteiger partial charge in [0.2, 0.25) is 11.8 Å². The maximum absolute atomic E-state index is 12.8. The molecule has 1 aromatic carbocycles. The first-order chi connectivity index (χ1) is 14.9. The standard InChI is InChI=1S/C21H22F2N4O4/c22-21(23)31-17-8-2-1-7-16(17)20(30)27-10-4-5-14(13-27)19(29)25-12-18(28)26-15-6-3-9-24-11-15/h1-3,6-9,11,14,21H,4-5,10,12-13H2,(H,25,29)(H,26,28). The molecule has 2 heterocycles. The highest BCUT2D eigenvalue weighted by molar-refractivity contribution is 5.98. The summed E-state index contributed by atoms with van der Waals surface area (Å²) in [4.78, 5) is 42.7. The number of carbonyl (C=O) groups excluding carboxylic acids is 3. The maximum Gasteiger partial charge on any atom is 0.387 e. The SMILES string of the molecule is O=C(CNC(=O)C1CCCN(C(=O)c2ccccc2OC(F)F)C1)Nc1cccnc1. The Kier molecular flexibility index (Phi) is 7.47. The number of nitrogens with one attached hydrogen (secondary N) is 2. The Bertz CT molecular complexity index is 927. The summed E-state index contributed by atoms with van der Waals surface area (Å²) >= 11 is 0. The lowest BCUT2D eigenvalue weighted by atomic mass is 9.96. The first-order valence-electron chi connectivity index (χ1n) is 9.74. The molecule has 1 unspecified atom stereocenters. The number of pyridine rings is 1. The smallest absolute Gasteiger partial charge is 0.387 e. The number of amides is 3. The van der Waals surface area contributed by atoms with E-state index in [-0.39, 0.29) is 30.3 Å². The molecule has 0 spiro atoms. The van der Waals surface area contributed by atoms with Gasteiger partial charge in [-0.2, -0.15) is 8.78 Å². The van der Waals surface area contributed by atoms with Gasteiger partial charge in [-0.3, -0.25) is 19.4 Å². The van der Waals surface area contributed by atoms with Crippen molar-refractivity contribution < 1.29 is 27.9 Å². The van der Waals surface area contributed by atoms with E-state index < -0.39 is 24.3 Å². The molecule has 0 radical (unpaired) electrons. The molecule has 31 heavy (non-hydrogen) atoms. The van der Waals surface area contributed by atoms with E-state index in [4.69, 9.17) is 0 Å². The van der Waals surface area contributed by atoms with Crippen LogP contribution in [0.1, 0.15) is 23.2 Å². The summed E-state index contributed by atoms with van der Waals surface area (Å²) in [5, 5.41) is 5.19. The zero-order valence-electron chi connectivity index (χ0n) is 16.6. The molecule has 1 aromatic heterocycles. The minimum Gasteiger partial charge on any atom is -0.434 e. The van der Waals surface area contributed by atoms with Gasteiger partial charge in [0.1, 0.15) is 5.75 Å². The number of carbonyl (C=O) groups is 3. The molecule has 8 nitrogen and oxygen atoms in total. The van der Waals surface area contributed by atoms with E-state index in [0.29, 0.717) is 25.1 Å². The molecule has 0 saturated carbocycles. The van der Waals surface area contributed by atoms with Gasteiger partial charge in [0.15, 0.2) is 0 Å². The van der Waals surface area contributed by atoms with Crippen molar-refractivity contribution >= 4 is 23.4 Å². The molecule has 1 aliphatic heterocycles. The van der Waals surface area contributed by atoms with Crippen molar-refractivity contribution in [2.24, 2.45) is 5.92 Å². The average Bonchev–Trinajstić information content (AvgIpc) is 2.78. The van der Waals surface area contributed by atoms with Crippen molar-refractivity contribution in [3.05, 3.63) is 54.4 Å². The lowest BCUT2D eigenvalue weighted by Gasteiger charge is -2.32. The van der Waals surface area contributed by atoms with Gasteiger partial charge in [-0.05, 0) is 37.1 Å². The van der Waals surface area contributed by atoms with Crippen molar-refractivity contribution in [3.8, 4) is 5.75 Å². The van der Waals surface area contributed by atoms with Gasteiger partial charge < -0.3 is 20.3 Å². The molecule has 1 atom stereocenters. The first-order valence-corrected chi connectivity index (χ1v) is 9.74. The first kappa shape index (κ1) is 22.1. The van der Waals surface area contributed by atoms with Gasteiger partial charge in [0, 0.05) is 19.3 Å². The third-order valence-corrected chi connectivity index (χ3v) is 4.78. The Hall–Kier alpha value is -3.56. The molecule has 2 N–H and O–H groups in total. The van der Waals surface area contributed by atoms with E-state index in [1.54, 1.807) is 24.4 Å². The Balaban J connectivity index is 1.55. The van der Waals surface area contributed by atoms with Crippen LogP contribution in [0.2, 0.25) is 0 Å². The van der Waals surface area contributed by atoms with Crippen LogP contribution in [0.5, 0.6) is 5.75 Å². The van der Waals surface area contributed by atoms with Crippen LogP contribution >= 0.6 is 0 Å². The summed E-state index contributed by atoms with van der Waals surface area (Å²) in [6, 6.07) is 9.11. The van der Waals surface area contributed by atoms with Crippen molar-refractivity contribution in [2.45, 2.75) is 19.5 Å². The molecule has 1 aliphatic rings. The summed E-state index contributed by atoms with van der Waals surface area (Å²) in [6.45, 7) is -2.75. The molecule has 1 fully saturated rings. The van der Waals surface area contributed by atoms with E-state index in [1.165, 1.54) is 29.3 Å². The van der Waals surface area contributed by atoms with E-state index >= 15 is 0 Å². The summed E-state index contributed by atoms with van der Waals surface area (Å²) in [7, 11) is 0. The molecule has 164 valence electrons. The third-order valence-electron chi connectivity index (χ3n) is 4.78. The third kappa shape index (κ3) is 6.21. The van der Waals surface area contributed by atoms with Crippen molar-refractivity contribution in [1.82, 2.24) is 15.2 Å². The Morgan fingerprint density at radius 2 is 2.00 bits per heavy atom. The van der Waals surface area contributed by atoms with E-state index in [0.717, 1.165) is 0 Å². The van der Waals surface area contributed by atoms with Crippen LogP contribution in [0.4, 0.5) is 14.5 Å². The van der Waals surface area contributed by atoms with Crippen molar-refractivity contribution in [3.63, 3.8) is 0 Å². The number of rotatable bonds is 7. The normalized spacial score (nSPS) is 16.0. The van der Waals surface area contributed by atoms with Crippen LogP contribution in [-0.2, 0) is 9.59 Å². The van der Waals surface area contributed by atoms with Gasteiger partial charge in [0.05, 0.1) is 29.9 Å². The maximum atomic E-state index is 12.8. The van der Waals surface area contributed by atoms with Gasteiger partial charge in [-0.1, -0.05) is 12.1 Å². The predicted octanol–water partition coefficient (Wildman–Crippen LogP) is 2.29. The second-order valence-corrected chi connectivity index (χ2v) is 6.97. The highest BCUT2D eigenvalue weighted by Crippen LogP contribution is 2.25. The molecule has 0 aliphatic carbocycles. The Morgan fingerprint density at radius 1 is 1.19 bits per heavy atom. The van der Waals surface area contributed by atoms with Gasteiger partial charge >= 0.3 is 6.61 Å². The average molecular weight is 432 g/mol. The number of hydrogen-bond donors (Lipinski definition) is 2. The number of likely N-dealkylation sites (tertiary alicyclic amines) is 1. The molecule has 3 rings (SSSR count). The second-order valence-electron chi connectivity index (χ2n) is 6.97. The molecule has 0 bridgehead atoms. The molecule has 3 amide bonds.